The van der Waals surface area contributed by atoms with E-state index in [-0.39, 0.29) is 38.6 Å². The van der Waals surface area contributed by atoms with Gasteiger partial charge in [-0.05, 0) is 96.3 Å². The van der Waals surface area contributed by atoms with E-state index in [1.165, 1.54) is 116 Å². The lowest BCUT2D eigenvalue weighted by Crippen LogP contribution is -2.44. The number of unbranched alkanes of at least 4 members (excludes halogenated alkanes) is 26. The molecule has 9 heteroatoms. The number of carbonyl (C=O) groups is 3. The Kier molecular flexibility index (Phi) is 57.9. The number of hydrogen-bond donors (Lipinski definition) is 0. The highest BCUT2D eigenvalue weighted by Gasteiger charge is 2.22. The molecule has 0 fully saturated rings. The van der Waals surface area contributed by atoms with Gasteiger partial charge in [0.2, 0.25) is 0 Å². The van der Waals surface area contributed by atoms with Gasteiger partial charge in [-0.3, -0.25) is 9.59 Å². The molecule has 0 aromatic rings. The van der Waals surface area contributed by atoms with Crippen LogP contribution in [0.1, 0.15) is 264 Å². The number of esters is 2. The van der Waals surface area contributed by atoms with Crippen molar-refractivity contribution >= 4 is 17.9 Å². The highest BCUT2D eigenvalue weighted by atomic mass is 16.7. The van der Waals surface area contributed by atoms with Crippen LogP contribution in [0.4, 0.5) is 0 Å². The number of likely N-dealkylation sites (N-methyl/N-ethyl adjacent to an activating group) is 1. The van der Waals surface area contributed by atoms with Crippen LogP contribution >= 0.6 is 0 Å². The van der Waals surface area contributed by atoms with Crippen molar-refractivity contribution in [3.8, 4) is 0 Å². The monoisotopic (exact) mass is 1120 g/mol. The van der Waals surface area contributed by atoms with E-state index in [1.54, 1.807) is 0 Å². The van der Waals surface area contributed by atoms with Crippen molar-refractivity contribution in [2.75, 3.05) is 47.5 Å². The molecule has 0 aliphatic heterocycles. The van der Waals surface area contributed by atoms with E-state index in [2.05, 4.69) is 123 Å². The molecule has 0 saturated heterocycles. The summed E-state index contributed by atoms with van der Waals surface area (Å²) in [6.07, 6.45) is 81.7. The maximum absolute atomic E-state index is 12.9. The highest BCUT2D eigenvalue weighted by Crippen LogP contribution is 2.17. The van der Waals surface area contributed by atoms with Crippen molar-refractivity contribution in [2.45, 2.75) is 277 Å². The molecular formula is C71H121NO8. The van der Waals surface area contributed by atoms with Crippen LogP contribution in [0.25, 0.3) is 0 Å². The van der Waals surface area contributed by atoms with Gasteiger partial charge in [-0.1, -0.05) is 264 Å². The Labute approximate surface area is 492 Å². The molecule has 9 nitrogen and oxygen atoms in total. The lowest BCUT2D eigenvalue weighted by molar-refractivity contribution is -0.870. The summed E-state index contributed by atoms with van der Waals surface area (Å²) in [6.45, 7) is 4.58. The van der Waals surface area contributed by atoms with Gasteiger partial charge in [-0.2, -0.15) is 0 Å². The molecule has 0 aliphatic carbocycles. The van der Waals surface area contributed by atoms with Crippen molar-refractivity contribution in [2.24, 2.45) is 0 Å². The summed E-state index contributed by atoms with van der Waals surface area (Å²) in [5, 5.41) is 11.8. The number of aliphatic carboxylic acids is 1. The Balaban J connectivity index is 4.00. The minimum atomic E-state index is -1.63. The predicted octanol–water partition coefficient (Wildman–Crippen LogP) is 18.5. The SMILES string of the molecule is CC/C=C\C/C=C\C/C=C\C/C=C\C/C=C\C/C=C\C/C=C\CCCCCCCCCCCCCCCCCCCCCC(=O)OC(COC(=O)CCCCCCC/C=C\C/C=C\CCCC)COC(OCC[N+](C)(C)C)C(=O)[O-]. The zero-order chi connectivity index (χ0) is 58.3. The van der Waals surface area contributed by atoms with E-state index in [0.29, 0.717) is 17.4 Å². The van der Waals surface area contributed by atoms with Crippen LogP contribution in [0.3, 0.4) is 0 Å². The number of quaternary nitrogens is 1. The topological polar surface area (TPSA) is 111 Å². The summed E-state index contributed by atoms with van der Waals surface area (Å²) in [5.74, 6) is -2.30. The lowest BCUT2D eigenvalue weighted by Gasteiger charge is -2.26. The number of hydrogen-bond acceptors (Lipinski definition) is 8. The van der Waals surface area contributed by atoms with Gasteiger partial charge in [-0.15, -0.1) is 0 Å². The molecule has 0 heterocycles. The fourth-order valence-corrected chi connectivity index (χ4v) is 8.77. The molecule has 0 N–H and O–H groups in total. The second-order valence-corrected chi connectivity index (χ2v) is 22.7. The molecule has 0 aromatic carbocycles. The van der Waals surface area contributed by atoms with Gasteiger partial charge in [0, 0.05) is 12.8 Å². The third-order valence-electron chi connectivity index (χ3n) is 13.8. The minimum absolute atomic E-state index is 0.143. The van der Waals surface area contributed by atoms with Crippen molar-refractivity contribution in [1.82, 2.24) is 0 Å². The minimum Gasteiger partial charge on any atom is -0.545 e. The average molecular weight is 1120 g/mol. The first-order valence-electron chi connectivity index (χ1n) is 32.5. The quantitative estimate of drug-likeness (QED) is 0.0195. The van der Waals surface area contributed by atoms with E-state index < -0.39 is 24.3 Å². The number of allylic oxidation sites excluding steroid dienone is 18. The highest BCUT2D eigenvalue weighted by molar-refractivity contribution is 5.70. The van der Waals surface area contributed by atoms with Crippen LogP contribution in [0.2, 0.25) is 0 Å². The van der Waals surface area contributed by atoms with Crippen molar-refractivity contribution < 1.29 is 42.9 Å². The van der Waals surface area contributed by atoms with E-state index in [9.17, 15) is 19.5 Å². The number of carbonyl (C=O) groups excluding carboxylic acids is 3. The number of ether oxygens (including phenoxy) is 4. The number of carboxylic acid groups (broad SMARTS) is 1. The Morgan fingerprint density at radius 3 is 1.06 bits per heavy atom. The fourth-order valence-electron chi connectivity index (χ4n) is 8.77. The predicted molar refractivity (Wildman–Crippen MR) is 338 cm³/mol. The van der Waals surface area contributed by atoms with Crippen LogP contribution in [0.15, 0.2) is 109 Å². The average Bonchev–Trinajstić information content (AvgIpc) is 3.43. The Morgan fingerprint density at radius 1 is 0.388 bits per heavy atom. The maximum atomic E-state index is 12.9. The normalized spacial score (nSPS) is 13.5. The molecule has 0 saturated carbocycles. The molecule has 0 spiro atoms. The third kappa shape index (κ3) is 61.6. The second kappa shape index (κ2) is 61.0. The molecule has 2 unspecified atom stereocenters. The number of nitrogens with zero attached hydrogens (tertiary/aromatic N) is 1. The van der Waals surface area contributed by atoms with Crippen molar-refractivity contribution in [3.63, 3.8) is 0 Å². The summed E-state index contributed by atoms with van der Waals surface area (Å²) in [7, 11) is 5.92. The largest absolute Gasteiger partial charge is 0.545 e. The second-order valence-electron chi connectivity index (χ2n) is 22.7. The summed E-state index contributed by atoms with van der Waals surface area (Å²) in [5.41, 5.74) is 0. The first-order valence-corrected chi connectivity index (χ1v) is 32.5. The first kappa shape index (κ1) is 76.0. The van der Waals surface area contributed by atoms with Gasteiger partial charge >= 0.3 is 11.9 Å². The summed E-state index contributed by atoms with van der Waals surface area (Å²) in [6, 6.07) is 0. The van der Waals surface area contributed by atoms with Crippen molar-refractivity contribution in [1.29, 1.82) is 0 Å². The molecule has 2 atom stereocenters. The molecule has 80 heavy (non-hydrogen) atoms. The van der Waals surface area contributed by atoms with Gasteiger partial charge in [0.05, 0.1) is 40.3 Å². The van der Waals surface area contributed by atoms with Crippen LogP contribution < -0.4 is 5.11 Å². The fraction of sp³-hybridized carbons (Fsp3) is 0.704. The Hall–Kier alpha value is -4.05. The molecule has 458 valence electrons. The van der Waals surface area contributed by atoms with E-state index in [1.807, 2.05) is 21.1 Å². The van der Waals surface area contributed by atoms with Crippen LogP contribution in [0.5, 0.6) is 0 Å². The molecular weight excluding hydrogens is 995 g/mol. The summed E-state index contributed by atoms with van der Waals surface area (Å²) < 4.78 is 22.7. The van der Waals surface area contributed by atoms with Crippen LogP contribution in [-0.4, -0.2) is 82.3 Å². The van der Waals surface area contributed by atoms with Gasteiger partial charge in [0.25, 0.3) is 0 Å². The standard InChI is InChI=1S/C71H121NO8/c1-6-8-10-12-14-16-18-20-22-23-24-25-26-27-28-29-30-31-32-33-34-35-36-37-38-39-40-41-42-43-44-45-46-47-48-50-52-54-56-58-60-62-69(74)80-67(66-79-71(70(75)76)77-64-63-72(3,4)5)65-78-68(73)61-59-57-55-53-51-49-21-19-17-15-13-11-9-7-2/h8,10,13-16,19-22,24-25,27-28,30-31,33-34,67,71H,6-7,9,11-12,17-18,23,26,29,32,35-66H2,1-5H3/b10-8-,15-13-,16-14-,21-19-,22-20-,25-24-,28-27-,31-30-,34-33-. The number of rotatable bonds is 59. The Bertz CT molecular complexity index is 1680. The molecule has 0 rings (SSSR count). The molecule has 0 radical (unpaired) electrons. The van der Waals surface area contributed by atoms with Gasteiger partial charge in [0.15, 0.2) is 12.4 Å². The van der Waals surface area contributed by atoms with E-state index >= 15 is 0 Å². The first-order chi connectivity index (χ1) is 39.1. The molecule has 0 aliphatic rings. The molecule has 0 amide bonds. The zero-order valence-electron chi connectivity index (χ0n) is 52.2. The van der Waals surface area contributed by atoms with Gasteiger partial charge in [-0.25, -0.2) is 0 Å². The summed E-state index contributed by atoms with van der Waals surface area (Å²) in [4.78, 5) is 37.3. The van der Waals surface area contributed by atoms with Gasteiger partial charge < -0.3 is 33.3 Å². The molecule has 0 bridgehead atoms. The van der Waals surface area contributed by atoms with Crippen LogP contribution in [0, 0.1) is 0 Å². The smallest absolute Gasteiger partial charge is 0.306 e. The zero-order valence-corrected chi connectivity index (χ0v) is 52.2. The van der Waals surface area contributed by atoms with Crippen molar-refractivity contribution in [3.05, 3.63) is 109 Å². The third-order valence-corrected chi connectivity index (χ3v) is 13.8. The Morgan fingerprint density at radius 2 is 0.713 bits per heavy atom. The summed E-state index contributed by atoms with van der Waals surface area (Å²) >= 11 is 0. The van der Waals surface area contributed by atoms with E-state index in [0.717, 1.165) is 116 Å². The lowest BCUT2D eigenvalue weighted by atomic mass is 10.0. The van der Waals surface area contributed by atoms with Gasteiger partial charge in [0.1, 0.15) is 13.2 Å². The molecule has 0 aromatic heterocycles. The maximum Gasteiger partial charge on any atom is 0.306 e. The van der Waals surface area contributed by atoms with E-state index in [4.69, 9.17) is 18.9 Å². The number of carboxylic acids is 1. The van der Waals surface area contributed by atoms with Crippen LogP contribution in [-0.2, 0) is 33.3 Å².